The summed E-state index contributed by atoms with van der Waals surface area (Å²) in [5, 5.41) is 0. The molecule has 0 bridgehead atoms. The van der Waals surface area contributed by atoms with Crippen LogP contribution in [0.5, 0.6) is 11.5 Å². The maximum Gasteiger partial charge on any atom is 0.284 e. The van der Waals surface area contributed by atoms with Crippen molar-refractivity contribution in [1.82, 2.24) is 9.82 Å². The second-order valence-corrected chi connectivity index (χ2v) is 4.46. The van der Waals surface area contributed by atoms with E-state index >= 15 is 0 Å². The van der Waals surface area contributed by atoms with Gasteiger partial charge in [-0.15, -0.1) is 0 Å². The Hall–Kier alpha value is -1.59. The Morgan fingerprint density at radius 3 is 2.61 bits per heavy atom. The molecule has 0 unspecified atom stereocenters. The Labute approximate surface area is 117 Å². The van der Waals surface area contributed by atoms with Crippen LogP contribution in [0.1, 0.15) is 10.5 Å². The minimum atomic E-state index is -0.474. The molecule has 1 aromatic heterocycles. The normalized spacial score (nSPS) is 9.89. The van der Waals surface area contributed by atoms with E-state index in [9.17, 15) is 4.79 Å². The molecule has 0 saturated heterocycles. The third kappa shape index (κ3) is 3.21. The maximum absolute atomic E-state index is 11.3. The molecule has 1 N–H and O–H groups in total. The molecule has 0 fully saturated rings. The van der Waals surface area contributed by atoms with Crippen LogP contribution in [-0.2, 0) is 0 Å². The van der Waals surface area contributed by atoms with Gasteiger partial charge in [0.1, 0.15) is 17.2 Å². The summed E-state index contributed by atoms with van der Waals surface area (Å²) in [5.74, 6) is 0.710. The van der Waals surface area contributed by atoms with Crippen LogP contribution in [-0.4, -0.2) is 10.9 Å². The summed E-state index contributed by atoms with van der Waals surface area (Å²) in [5.41, 5.74) is 0.194. The Morgan fingerprint density at radius 2 is 1.94 bits per heavy atom. The molecule has 0 aliphatic carbocycles. The molecule has 0 spiro atoms. The summed E-state index contributed by atoms with van der Waals surface area (Å²) in [7, 11) is 0. The first kappa shape index (κ1) is 12.9. The quantitative estimate of drug-likeness (QED) is 0.878. The van der Waals surface area contributed by atoms with Gasteiger partial charge in [0.25, 0.3) is 5.91 Å². The summed E-state index contributed by atoms with van der Waals surface area (Å²) in [6, 6.07) is 10.5. The highest BCUT2D eigenvalue weighted by Gasteiger charge is 2.07. The van der Waals surface area contributed by atoms with Gasteiger partial charge in [0.05, 0.1) is 0 Å². The molecule has 18 heavy (non-hydrogen) atoms. The Bertz CT molecular complexity index is 560. The van der Waals surface area contributed by atoms with Gasteiger partial charge in [0, 0.05) is 28.5 Å². The fraction of sp³-hybridized carbons (Fsp3) is 0. The van der Waals surface area contributed by atoms with Crippen molar-refractivity contribution in [3.05, 3.63) is 52.8 Å². The zero-order valence-corrected chi connectivity index (χ0v) is 11.4. The number of hydrogen-bond acceptors (Lipinski definition) is 3. The van der Waals surface area contributed by atoms with Crippen LogP contribution in [0.25, 0.3) is 0 Å². The zero-order valence-electron chi connectivity index (χ0n) is 9.06. The first-order valence-electron chi connectivity index (χ1n) is 4.99. The second-order valence-electron chi connectivity index (χ2n) is 3.36. The average molecular weight is 328 g/mol. The van der Waals surface area contributed by atoms with Gasteiger partial charge >= 0.3 is 0 Å². The van der Waals surface area contributed by atoms with Gasteiger partial charge < -0.3 is 4.74 Å². The number of rotatable bonds is 3. The van der Waals surface area contributed by atoms with Gasteiger partial charge in [0.15, 0.2) is 0 Å². The van der Waals surface area contributed by atoms with E-state index in [0.717, 1.165) is 4.47 Å². The lowest BCUT2D eigenvalue weighted by molar-refractivity contribution is 0.0976. The minimum Gasteiger partial charge on any atom is -0.457 e. The number of amides is 1. The molecule has 1 aromatic carbocycles. The number of hydrogen-bond donors (Lipinski definition) is 1. The van der Waals surface area contributed by atoms with Crippen molar-refractivity contribution in [3.8, 4) is 11.5 Å². The zero-order chi connectivity index (χ0) is 13.0. The van der Waals surface area contributed by atoms with Crippen LogP contribution in [0.3, 0.4) is 0 Å². The molecule has 0 aliphatic rings. The highest BCUT2D eigenvalue weighted by molar-refractivity contribution is 9.10. The van der Waals surface area contributed by atoms with Crippen LogP contribution in [0.15, 0.2) is 47.1 Å². The smallest absolute Gasteiger partial charge is 0.284 e. The van der Waals surface area contributed by atoms with Gasteiger partial charge in [-0.25, -0.2) is 0 Å². The summed E-state index contributed by atoms with van der Waals surface area (Å²) >= 11 is 8.57. The first-order chi connectivity index (χ1) is 8.69. The van der Waals surface area contributed by atoms with Gasteiger partial charge in [0.2, 0.25) is 0 Å². The predicted octanol–water partition coefficient (Wildman–Crippen LogP) is 3.52. The van der Waals surface area contributed by atoms with Crippen molar-refractivity contribution in [2.75, 3.05) is 0 Å². The summed E-state index contributed by atoms with van der Waals surface area (Å²) in [6.07, 6.45) is 1.48. The molecule has 1 heterocycles. The van der Waals surface area contributed by atoms with E-state index in [1.807, 2.05) is 29.1 Å². The van der Waals surface area contributed by atoms with E-state index in [1.165, 1.54) is 12.3 Å². The summed E-state index contributed by atoms with van der Waals surface area (Å²) in [4.78, 5) is 17.2. The summed E-state index contributed by atoms with van der Waals surface area (Å²) in [6.45, 7) is 0. The van der Waals surface area contributed by atoms with Crippen molar-refractivity contribution in [2.45, 2.75) is 0 Å². The van der Waals surface area contributed by atoms with Gasteiger partial charge in [-0.3, -0.25) is 14.6 Å². The maximum atomic E-state index is 11.3. The third-order valence-corrected chi connectivity index (χ3v) is 2.80. The van der Waals surface area contributed by atoms with Crippen molar-refractivity contribution < 1.29 is 9.53 Å². The van der Waals surface area contributed by atoms with E-state index in [-0.39, 0.29) is 5.69 Å². The molecule has 0 saturated carbocycles. The largest absolute Gasteiger partial charge is 0.457 e. The van der Waals surface area contributed by atoms with Gasteiger partial charge in [-0.1, -0.05) is 15.9 Å². The number of carbonyl (C=O) groups is 1. The monoisotopic (exact) mass is 326 g/mol. The van der Waals surface area contributed by atoms with Crippen LogP contribution in [0.2, 0.25) is 0 Å². The van der Waals surface area contributed by atoms with Crippen molar-refractivity contribution in [3.63, 3.8) is 0 Å². The molecule has 92 valence electrons. The number of ether oxygens (including phenoxy) is 1. The van der Waals surface area contributed by atoms with E-state index in [4.69, 9.17) is 16.5 Å². The molecule has 2 aromatic rings. The van der Waals surface area contributed by atoms with Crippen LogP contribution in [0.4, 0.5) is 0 Å². The molecule has 0 radical (unpaired) electrons. The molecule has 1 amide bonds. The van der Waals surface area contributed by atoms with E-state index in [1.54, 1.807) is 6.07 Å². The molecule has 4 nitrogen and oxygen atoms in total. The Morgan fingerprint density at radius 1 is 1.22 bits per heavy atom. The fourth-order valence-corrected chi connectivity index (χ4v) is 1.65. The molecule has 0 atom stereocenters. The molecule has 2 rings (SSSR count). The van der Waals surface area contributed by atoms with Crippen LogP contribution >= 0.6 is 27.7 Å². The number of benzene rings is 1. The number of carbonyl (C=O) groups excluding carboxylic acids is 1. The van der Waals surface area contributed by atoms with E-state index in [2.05, 4.69) is 20.9 Å². The lowest BCUT2D eigenvalue weighted by Crippen LogP contribution is -2.13. The van der Waals surface area contributed by atoms with Crippen molar-refractivity contribution in [1.29, 1.82) is 0 Å². The van der Waals surface area contributed by atoms with Crippen LogP contribution in [0, 0.1) is 0 Å². The number of aromatic nitrogens is 1. The molecule has 6 heteroatoms. The highest BCUT2D eigenvalue weighted by atomic mass is 79.9. The van der Waals surface area contributed by atoms with Gasteiger partial charge in [-0.2, -0.15) is 0 Å². The minimum absolute atomic E-state index is 0.194. The standard InChI is InChI=1S/C12H8BrClN2O2/c13-8-1-3-9(4-2-8)18-10-5-6-15-11(7-10)12(17)16-14/h1-7H,(H,16,17). The van der Waals surface area contributed by atoms with Crippen molar-refractivity contribution in [2.24, 2.45) is 0 Å². The fourth-order valence-electron chi connectivity index (χ4n) is 1.29. The average Bonchev–Trinajstić information content (AvgIpc) is 2.41. The SMILES string of the molecule is O=C(NCl)c1cc(Oc2ccc(Br)cc2)ccn1. The predicted molar refractivity (Wildman–Crippen MR) is 71.8 cm³/mol. The number of pyridine rings is 1. The molecule has 0 aliphatic heterocycles. The first-order valence-corrected chi connectivity index (χ1v) is 6.16. The van der Waals surface area contributed by atoms with E-state index < -0.39 is 5.91 Å². The number of halogens is 2. The molecular formula is C12H8BrClN2O2. The highest BCUT2D eigenvalue weighted by Crippen LogP contribution is 2.23. The third-order valence-electron chi connectivity index (χ3n) is 2.10. The van der Waals surface area contributed by atoms with Crippen LogP contribution < -0.4 is 9.57 Å². The Balaban J connectivity index is 2.19. The van der Waals surface area contributed by atoms with E-state index in [0.29, 0.717) is 11.5 Å². The Kier molecular flexibility index (Phi) is 4.17. The van der Waals surface area contributed by atoms with Gasteiger partial charge in [-0.05, 0) is 30.3 Å². The topological polar surface area (TPSA) is 51.2 Å². The number of nitrogens with one attached hydrogen (secondary N) is 1. The van der Waals surface area contributed by atoms with Crippen molar-refractivity contribution >= 4 is 33.6 Å². The lowest BCUT2D eigenvalue weighted by atomic mass is 10.3. The summed E-state index contributed by atoms with van der Waals surface area (Å²) < 4.78 is 6.55. The number of nitrogens with zero attached hydrogens (tertiary/aromatic N) is 1. The lowest BCUT2D eigenvalue weighted by Gasteiger charge is -2.06. The molecular weight excluding hydrogens is 320 g/mol. The second kappa shape index (κ2) is 5.84.